The summed E-state index contributed by atoms with van der Waals surface area (Å²) in [5.41, 5.74) is 1.24. The molecule has 4 heteroatoms. The largest absolute Gasteiger partial charge is 0.493 e. The second kappa shape index (κ2) is 6.46. The molecule has 1 atom stereocenters. The lowest BCUT2D eigenvalue weighted by molar-refractivity contribution is 0.0497. The molecule has 0 bridgehead atoms. The summed E-state index contributed by atoms with van der Waals surface area (Å²) in [5, 5.41) is 3.42. The third-order valence-corrected chi connectivity index (χ3v) is 4.04. The number of ether oxygens (including phenoxy) is 3. The van der Waals surface area contributed by atoms with Crippen LogP contribution in [0.5, 0.6) is 11.5 Å². The van der Waals surface area contributed by atoms with Gasteiger partial charge in [-0.25, -0.2) is 0 Å². The summed E-state index contributed by atoms with van der Waals surface area (Å²) in [4.78, 5) is 0. The molecule has 20 heavy (non-hydrogen) atoms. The Bertz CT molecular complexity index is 443. The van der Waals surface area contributed by atoms with Crippen LogP contribution in [0.4, 0.5) is 0 Å². The van der Waals surface area contributed by atoms with Gasteiger partial charge in [0.25, 0.3) is 0 Å². The number of hydrogen-bond acceptors (Lipinski definition) is 4. The Hall–Kier alpha value is -1.26. The molecular formula is C16H23NO3. The van der Waals surface area contributed by atoms with E-state index in [9.17, 15) is 0 Å². The highest BCUT2D eigenvalue weighted by Crippen LogP contribution is 2.35. The monoisotopic (exact) mass is 277 g/mol. The van der Waals surface area contributed by atoms with Gasteiger partial charge in [0.15, 0.2) is 0 Å². The fraction of sp³-hybridized carbons (Fsp3) is 0.625. The van der Waals surface area contributed by atoms with Gasteiger partial charge in [-0.2, -0.15) is 0 Å². The molecule has 0 amide bonds. The van der Waals surface area contributed by atoms with Crippen molar-refractivity contribution in [1.82, 2.24) is 5.32 Å². The molecule has 1 aromatic carbocycles. The van der Waals surface area contributed by atoms with Crippen LogP contribution in [0.15, 0.2) is 18.2 Å². The average Bonchev–Trinajstić information content (AvgIpc) is 2.89. The van der Waals surface area contributed by atoms with Gasteiger partial charge in [-0.05, 0) is 37.4 Å². The minimum Gasteiger partial charge on any atom is -0.493 e. The maximum absolute atomic E-state index is 5.91. The number of benzene rings is 1. The van der Waals surface area contributed by atoms with E-state index in [2.05, 4.69) is 24.4 Å². The molecule has 0 aliphatic carbocycles. The SMILES string of the molecule is CCNC1COc2cc(OCC3CCOCC3)ccc21. The molecule has 1 aromatic rings. The molecule has 4 nitrogen and oxygen atoms in total. The number of fused-ring (bicyclic) bond motifs is 1. The van der Waals surface area contributed by atoms with Crippen molar-refractivity contribution in [3.05, 3.63) is 23.8 Å². The number of hydrogen-bond donors (Lipinski definition) is 1. The van der Waals surface area contributed by atoms with E-state index in [0.29, 0.717) is 18.6 Å². The second-order valence-electron chi connectivity index (χ2n) is 5.49. The summed E-state index contributed by atoms with van der Waals surface area (Å²) in [6, 6.07) is 6.51. The van der Waals surface area contributed by atoms with Gasteiger partial charge in [-0.3, -0.25) is 0 Å². The Balaban J connectivity index is 1.58. The van der Waals surface area contributed by atoms with Crippen LogP contribution in [0.3, 0.4) is 0 Å². The highest BCUT2D eigenvalue weighted by Gasteiger charge is 2.23. The van der Waals surface area contributed by atoms with Crippen molar-refractivity contribution in [1.29, 1.82) is 0 Å². The lowest BCUT2D eigenvalue weighted by Gasteiger charge is -2.22. The third kappa shape index (κ3) is 3.07. The molecule has 0 saturated carbocycles. The van der Waals surface area contributed by atoms with Gasteiger partial charge in [0.05, 0.1) is 12.6 Å². The summed E-state index contributed by atoms with van der Waals surface area (Å²) >= 11 is 0. The zero-order valence-corrected chi connectivity index (χ0v) is 12.1. The summed E-state index contributed by atoms with van der Waals surface area (Å²) in [7, 11) is 0. The molecule has 1 N–H and O–H groups in total. The van der Waals surface area contributed by atoms with Crippen LogP contribution in [-0.2, 0) is 4.74 Å². The Morgan fingerprint density at radius 3 is 2.95 bits per heavy atom. The predicted molar refractivity (Wildman–Crippen MR) is 77.4 cm³/mol. The van der Waals surface area contributed by atoms with Crippen molar-refractivity contribution in [2.24, 2.45) is 5.92 Å². The summed E-state index contributed by atoms with van der Waals surface area (Å²) in [6.07, 6.45) is 2.20. The van der Waals surface area contributed by atoms with Crippen molar-refractivity contribution in [3.8, 4) is 11.5 Å². The van der Waals surface area contributed by atoms with Gasteiger partial charge in [0, 0.05) is 24.8 Å². The van der Waals surface area contributed by atoms with Crippen molar-refractivity contribution in [2.45, 2.75) is 25.8 Å². The lowest BCUT2D eigenvalue weighted by atomic mass is 10.0. The van der Waals surface area contributed by atoms with Crippen LogP contribution < -0.4 is 14.8 Å². The summed E-state index contributed by atoms with van der Waals surface area (Å²) < 4.78 is 17.0. The Morgan fingerprint density at radius 1 is 1.30 bits per heavy atom. The maximum atomic E-state index is 5.91. The van der Waals surface area contributed by atoms with E-state index in [-0.39, 0.29) is 0 Å². The second-order valence-corrected chi connectivity index (χ2v) is 5.49. The highest BCUT2D eigenvalue weighted by molar-refractivity contribution is 5.45. The van der Waals surface area contributed by atoms with Gasteiger partial charge in [-0.1, -0.05) is 6.92 Å². The number of rotatable bonds is 5. The van der Waals surface area contributed by atoms with Crippen LogP contribution in [0.25, 0.3) is 0 Å². The molecule has 2 aliphatic heterocycles. The molecule has 2 aliphatic rings. The van der Waals surface area contributed by atoms with Gasteiger partial charge < -0.3 is 19.5 Å². The lowest BCUT2D eigenvalue weighted by Crippen LogP contribution is -2.21. The first-order chi connectivity index (χ1) is 9.86. The zero-order valence-electron chi connectivity index (χ0n) is 12.1. The fourth-order valence-electron chi connectivity index (χ4n) is 2.82. The number of likely N-dealkylation sites (N-methyl/N-ethyl adjacent to an activating group) is 1. The number of nitrogens with one attached hydrogen (secondary N) is 1. The van der Waals surface area contributed by atoms with Gasteiger partial charge >= 0.3 is 0 Å². The quantitative estimate of drug-likeness (QED) is 0.898. The normalized spacial score (nSPS) is 22.4. The molecule has 110 valence electrons. The van der Waals surface area contributed by atoms with E-state index in [0.717, 1.165) is 50.7 Å². The van der Waals surface area contributed by atoms with E-state index in [1.54, 1.807) is 0 Å². The minimum absolute atomic E-state index is 0.319. The molecule has 0 radical (unpaired) electrons. The first-order valence-corrected chi connectivity index (χ1v) is 7.57. The smallest absolute Gasteiger partial charge is 0.127 e. The van der Waals surface area contributed by atoms with Crippen molar-refractivity contribution >= 4 is 0 Å². The van der Waals surface area contributed by atoms with E-state index in [1.807, 2.05) is 6.07 Å². The highest BCUT2D eigenvalue weighted by atomic mass is 16.5. The van der Waals surface area contributed by atoms with Crippen LogP contribution in [0.1, 0.15) is 31.4 Å². The van der Waals surface area contributed by atoms with E-state index in [1.165, 1.54) is 5.56 Å². The van der Waals surface area contributed by atoms with Crippen LogP contribution in [0.2, 0.25) is 0 Å². The molecule has 2 heterocycles. The minimum atomic E-state index is 0.319. The predicted octanol–water partition coefficient (Wildman–Crippen LogP) is 2.54. The topological polar surface area (TPSA) is 39.7 Å². The van der Waals surface area contributed by atoms with Crippen molar-refractivity contribution < 1.29 is 14.2 Å². The fourth-order valence-corrected chi connectivity index (χ4v) is 2.82. The van der Waals surface area contributed by atoms with Crippen molar-refractivity contribution in [2.75, 3.05) is 33.0 Å². The molecule has 0 aromatic heterocycles. The molecule has 3 rings (SSSR count). The molecule has 0 spiro atoms. The van der Waals surface area contributed by atoms with Crippen molar-refractivity contribution in [3.63, 3.8) is 0 Å². The average molecular weight is 277 g/mol. The Morgan fingerprint density at radius 2 is 2.15 bits per heavy atom. The zero-order chi connectivity index (χ0) is 13.8. The summed E-state index contributed by atoms with van der Waals surface area (Å²) in [5.74, 6) is 2.49. The van der Waals surface area contributed by atoms with E-state index < -0.39 is 0 Å². The Labute approximate surface area is 120 Å². The molecule has 1 unspecified atom stereocenters. The first-order valence-electron chi connectivity index (χ1n) is 7.57. The Kier molecular flexibility index (Phi) is 4.43. The molecular weight excluding hydrogens is 254 g/mol. The van der Waals surface area contributed by atoms with Gasteiger partial charge in [-0.15, -0.1) is 0 Å². The van der Waals surface area contributed by atoms with Crippen LogP contribution >= 0.6 is 0 Å². The standard InChI is InChI=1S/C16H23NO3/c1-2-17-15-11-20-16-9-13(3-4-14(15)16)19-10-12-5-7-18-8-6-12/h3-4,9,12,15,17H,2,5-8,10-11H2,1H3. The van der Waals surface area contributed by atoms with Gasteiger partial charge in [0.2, 0.25) is 0 Å². The van der Waals surface area contributed by atoms with E-state index >= 15 is 0 Å². The molecule has 1 saturated heterocycles. The summed E-state index contributed by atoms with van der Waals surface area (Å²) in [6.45, 7) is 6.29. The van der Waals surface area contributed by atoms with E-state index in [4.69, 9.17) is 14.2 Å². The van der Waals surface area contributed by atoms with Crippen LogP contribution in [0, 0.1) is 5.92 Å². The maximum Gasteiger partial charge on any atom is 0.127 e. The third-order valence-electron chi connectivity index (χ3n) is 4.04. The van der Waals surface area contributed by atoms with Crippen LogP contribution in [-0.4, -0.2) is 33.0 Å². The molecule has 1 fully saturated rings. The first kappa shape index (κ1) is 13.7. The van der Waals surface area contributed by atoms with Gasteiger partial charge in [0.1, 0.15) is 18.1 Å².